The molecule has 1 amide bonds. The molecule has 6 nitrogen and oxygen atoms in total. The molecule has 0 radical (unpaired) electrons. The number of carboxylic acids is 1. The molecular formula is C13H11NO5S2. The van der Waals surface area contributed by atoms with Crippen molar-refractivity contribution in [3.8, 4) is 11.5 Å². The molecule has 1 heterocycles. The van der Waals surface area contributed by atoms with Crippen LogP contribution >= 0.6 is 24.0 Å². The van der Waals surface area contributed by atoms with Crippen molar-refractivity contribution in [1.82, 2.24) is 5.32 Å². The van der Waals surface area contributed by atoms with Gasteiger partial charge in [0.15, 0.2) is 6.61 Å². The minimum atomic E-state index is -1.08. The molecule has 2 rings (SSSR count). The van der Waals surface area contributed by atoms with Crippen molar-refractivity contribution < 1.29 is 24.2 Å². The first-order chi connectivity index (χ1) is 9.99. The van der Waals surface area contributed by atoms with E-state index in [1.54, 1.807) is 24.3 Å². The Morgan fingerprint density at radius 2 is 2.29 bits per heavy atom. The van der Waals surface area contributed by atoms with Crippen LogP contribution in [0.3, 0.4) is 0 Å². The van der Waals surface area contributed by atoms with E-state index in [0.717, 1.165) is 11.8 Å². The largest absolute Gasteiger partial charge is 0.497 e. The van der Waals surface area contributed by atoms with Crippen molar-refractivity contribution in [3.63, 3.8) is 0 Å². The van der Waals surface area contributed by atoms with Crippen molar-refractivity contribution in [2.75, 3.05) is 13.7 Å². The lowest BCUT2D eigenvalue weighted by Gasteiger charge is -2.09. The van der Waals surface area contributed by atoms with Crippen LogP contribution in [-0.4, -0.2) is 35.0 Å². The second kappa shape index (κ2) is 6.59. The quantitative estimate of drug-likeness (QED) is 0.629. The normalized spacial score (nSPS) is 16.0. The summed E-state index contributed by atoms with van der Waals surface area (Å²) in [6.45, 7) is -0.472. The number of nitrogens with one attached hydrogen (secondary N) is 1. The SMILES string of the molecule is COc1ccc(OCC(=O)O)c(/C=C2/SC(=S)NC2=O)c1. The van der Waals surface area contributed by atoms with Gasteiger partial charge < -0.3 is 19.9 Å². The molecule has 0 aliphatic carbocycles. The molecule has 2 N–H and O–H groups in total. The van der Waals surface area contributed by atoms with E-state index >= 15 is 0 Å². The van der Waals surface area contributed by atoms with Gasteiger partial charge in [0.05, 0.1) is 12.0 Å². The smallest absolute Gasteiger partial charge is 0.341 e. The van der Waals surface area contributed by atoms with Crippen LogP contribution in [-0.2, 0) is 9.59 Å². The number of rotatable bonds is 5. The lowest BCUT2D eigenvalue weighted by Crippen LogP contribution is -2.17. The Morgan fingerprint density at radius 1 is 1.52 bits per heavy atom. The molecule has 1 aromatic carbocycles. The summed E-state index contributed by atoms with van der Waals surface area (Å²) in [7, 11) is 1.51. The second-order valence-electron chi connectivity index (χ2n) is 3.94. The zero-order valence-electron chi connectivity index (χ0n) is 10.9. The van der Waals surface area contributed by atoms with Gasteiger partial charge in [0.2, 0.25) is 0 Å². The predicted octanol–water partition coefficient (Wildman–Crippen LogP) is 1.65. The fourth-order valence-electron chi connectivity index (χ4n) is 1.60. The molecule has 0 bridgehead atoms. The third-order valence-corrected chi connectivity index (χ3v) is 3.66. The Bertz CT molecular complexity index is 641. The van der Waals surface area contributed by atoms with E-state index in [9.17, 15) is 9.59 Å². The number of thioether (sulfide) groups is 1. The van der Waals surface area contributed by atoms with Crippen molar-refractivity contribution in [2.45, 2.75) is 0 Å². The number of amides is 1. The third kappa shape index (κ3) is 3.96. The van der Waals surface area contributed by atoms with Gasteiger partial charge in [-0.2, -0.15) is 0 Å². The van der Waals surface area contributed by atoms with Crippen LogP contribution in [0.15, 0.2) is 23.1 Å². The number of methoxy groups -OCH3 is 1. The topological polar surface area (TPSA) is 84.9 Å². The van der Waals surface area contributed by atoms with Crippen molar-refractivity contribution in [2.24, 2.45) is 0 Å². The minimum absolute atomic E-state index is 0.294. The molecule has 0 atom stereocenters. The average molecular weight is 325 g/mol. The molecule has 0 aromatic heterocycles. The Labute approximate surface area is 130 Å². The summed E-state index contributed by atoms with van der Waals surface area (Å²) < 4.78 is 10.7. The first kappa shape index (κ1) is 15.3. The third-order valence-electron chi connectivity index (χ3n) is 2.50. The lowest BCUT2D eigenvalue weighted by molar-refractivity contribution is -0.139. The number of carbonyl (C=O) groups is 2. The van der Waals surface area contributed by atoms with E-state index in [4.69, 9.17) is 26.8 Å². The van der Waals surface area contributed by atoms with E-state index < -0.39 is 12.6 Å². The molecule has 0 saturated carbocycles. The van der Waals surface area contributed by atoms with Crippen LogP contribution in [0.4, 0.5) is 0 Å². The van der Waals surface area contributed by atoms with Gasteiger partial charge in [-0.1, -0.05) is 24.0 Å². The number of hydrogen-bond donors (Lipinski definition) is 2. The minimum Gasteiger partial charge on any atom is -0.497 e. The molecular weight excluding hydrogens is 314 g/mol. The maximum absolute atomic E-state index is 11.7. The van der Waals surface area contributed by atoms with E-state index in [0.29, 0.717) is 26.3 Å². The Morgan fingerprint density at radius 3 is 2.86 bits per heavy atom. The summed E-state index contributed by atoms with van der Waals surface area (Å²) in [4.78, 5) is 22.7. The van der Waals surface area contributed by atoms with Crippen LogP contribution in [0, 0.1) is 0 Å². The molecule has 0 spiro atoms. The Kier molecular flexibility index (Phi) is 4.81. The average Bonchev–Trinajstić information content (AvgIpc) is 2.75. The Hall–Kier alpha value is -2.06. The zero-order valence-corrected chi connectivity index (χ0v) is 12.5. The summed E-state index contributed by atoms with van der Waals surface area (Å²) in [6, 6.07) is 4.88. The van der Waals surface area contributed by atoms with E-state index in [-0.39, 0.29) is 5.91 Å². The molecule has 1 aromatic rings. The molecule has 110 valence electrons. The Balaban J connectivity index is 2.34. The summed E-state index contributed by atoms with van der Waals surface area (Å²) >= 11 is 6.05. The number of carbonyl (C=O) groups excluding carboxylic acids is 1. The molecule has 1 saturated heterocycles. The van der Waals surface area contributed by atoms with Gasteiger partial charge in [0, 0.05) is 5.56 Å². The maximum Gasteiger partial charge on any atom is 0.341 e. The zero-order chi connectivity index (χ0) is 15.4. The monoisotopic (exact) mass is 325 g/mol. The first-order valence-corrected chi connectivity index (χ1v) is 6.99. The molecule has 1 aliphatic heterocycles. The van der Waals surface area contributed by atoms with Gasteiger partial charge in [0.1, 0.15) is 15.8 Å². The standard InChI is InChI=1S/C13H11NO5S2/c1-18-8-2-3-9(19-6-11(15)16)7(4-8)5-10-12(17)14-13(20)21-10/h2-5H,6H2,1H3,(H,15,16)(H,14,17,20)/b10-5+. The van der Waals surface area contributed by atoms with Crippen LogP contribution in [0.25, 0.3) is 6.08 Å². The summed E-state index contributed by atoms with van der Waals surface area (Å²) in [5.74, 6) is -0.469. The predicted molar refractivity (Wildman–Crippen MR) is 82.4 cm³/mol. The second-order valence-corrected chi connectivity index (χ2v) is 5.66. The van der Waals surface area contributed by atoms with Gasteiger partial charge >= 0.3 is 5.97 Å². The van der Waals surface area contributed by atoms with Crippen LogP contribution < -0.4 is 14.8 Å². The van der Waals surface area contributed by atoms with Crippen LogP contribution in [0.1, 0.15) is 5.56 Å². The van der Waals surface area contributed by atoms with Gasteiger partial charge in [-0.3, -0.25) is 4.79 Å². The van der Waals surface area contributed by atoms with Crippen molar-refractivity contribution in [3.05, 3.63) is 28.7 Å². The van der Waals surface area contributed by atoms with Crippen LogP contribution in [0.2, 0.25) is 0 Å². The summed E-state index contributed by atoms with van der Waals surface area (Å²) in [5.41, 5.74) is 0.540. The van der Waals surface area contributed by atoms with Gasteiger partial charge in [-0.25, -0.2) is 4.79 Å². The number of hydrogen-bond acceptors (Lipinski definition) is 6. The van der Waals surface area contributed by atoms with Crippen molar-refractivity contribution in [1.29, 1.82) is 0 Å². The number of thiocarbonyl (C=S) groups is 1. The molecule has 0 unspecified atom stereocenters. The van der Waals surface area contributed by atoms with Crippen molar-refractivity contribution >= 4 is 46.3 Å². The van der Waals surface area contributed by atoms with Crippen LogP contribution in [0.5, 0.6) is 11.5 Å². The lowest BCUT2D eigenvalue weighted by atomic mass is 10.1. The van der Waals surface area contributed by atoms with E-state index in [1.165, 1.54) is 7.11 Å². The number of ether oxygens (including phenoxy) is 2. The number of benzene rings is 1. The highest BCUT2D eigenvalue weighted by Crippen LogP contribution is 2.31. The highest BCUT2D eigenvalue weighted by molar-refractivity contribution is 8.26. The number of aliphatic carboxylic acids is 1. The summed E-state index contributed by atoms with van der Waals surface area (Å²) in [6.07, 6.45) is 1.58. The molecule has 1 fully saturated rings. The molecule has 21 heavy (non-hydrogen) atoms. The number of carboxylic acid groups (broad SMARTS) is 1. The molecule has 1 aliphatic rings. The fraction of sp³-hybridized carbons (Fsp3) is 0.154. The highest BCUT2D eigenvalue weighted by Gasteiger charge is 2.22. The van der Waals surface area contributed by atoms with Gasteiger partial charge in [-0.05, 0) is 24.3 Å². The first-order valence-electron chi connectivity index (χ1n) is 5.77. The van der Waals surface area contributed by atoms with E-state index in [2.05, 4.69) is 5.32 Å². The maximum atomic E-state index is 11.7. The van der Waals surface area contributed by atoms with Gasteiger partial charge in [0.25, 0.3) is 5.91 Å². The van der Waals surface area contributed by atoms with E-state index in [1.807, 2.05) is 0 Å². The fourth-order valence-corrected chi connectivity index (χ4v) is 2.63. The highest BCUT2D eigenvalue weighted by atomic mass is 32.2. The summed E-state index contributed by atoms with van der Waals surface area (Å²) in [5, 5.41) is 11.2. The molecule has 8 heteroatoms. The van der Waals surface area contributed by atoms with Gasteiger partial charge in [-0.15, -0.1) is 0 Å².